The van der Waals surface area contributed by atoms with E-state index < -0.39 is 0 Å². The van der Waals surface area contributed by atoms with Gasteiger partial charge >= 0.3 is 6.03 Å². The lowest BCUT2D eigenvalue weighted by Crippen LogP contribution is -2.32. The molecule has 1 aliphatic heterocycles. The lowest BCUT2D eigenvalue weighted by molar-refractivity contribution is -0.125. The number of carbonyl (C=O) groups excluding carboxylic acids is 3. The zero-order valence-electron chi connectivity index (χ0n) is 12.6. The minimum atomic E-state index is -0.293. The van der Waals surface area contributed by atoms with Crippen molar-refractivity contribution in [3.63, 3.8) is 0 Å². The molecule has 1 N–H and O–H groups in total. The van der Waals surface area contributed by atoms with Gasteiger partial charge in [-0.1, -0.05) is 6.07 Å². The Morgan fingerprint density at radius 2 is 2.09 bits per heavy atom. The van der Waals surface area contributed by atoms with Crippen molar-refractivity contribution in [1.82, 2.24) is 9.80 Å². The second-order valence-electron chi connectivity index (χ2n) is 5.30. The predicted molar refractivity (Wildman–Crippen MR) is 91.5 cm³/mol. The molecule has 22 heavy (non-hydrogen) atoms. The number of hydrogen-bond acceptors (Lipinski definition) is 3. The monoisotopic (exact) mass is 415 g/mol. The van der Waals surface area contributed by atoms with Gasteiger partial charge in [-0.25, -0.2) is 4.79 Å². The molecule has 0 unspecified atom stereocenters. The topological polar surface area (TPSA) is 69.7 Å². The van der Waals surface area contributed by atoms with Crippen molar-refractivity contribution in [3.8, 4) is 0 Å². The molecular weight excluding hydrogens is 397 g/mol. The normalized spacial score (nSPS) is 14.7. The first kappa shape index (κ1) is 16.7. The summed E-state index contributed by atoms with van der Waals surface area (Å²) in [5.74, 6) is -0.326. The molecule has 0 aromatic heterocycles. The fraction of sp³-hybridized carbons (Fsp3) is 0.400. The van der Waals surface area contributed by atoms with Gasteiger partial charge in [-0.15, -0.1) is 0 Å². The number of amides is 4. The fourth-order valence-corrected chi connectivity index (χ4v) is 2.70. The Kier molecular flexibility index (Phi) is 5.38. The minimum Gasteiger partial charge on any atom is -0.326 e. The summed E-state index contributed by atoms with van der Waals surface area (Å²) in [5.41, 5.74) is 1.92. The van der Waals surface area contributed by atoms with Crippen LogP contribution in [0.25, 0.3) is 0 Å². The third-order valence-corrected chi connectivity index (χ3v) is 4.63. The lowest BCUT2D eigenvalue weighted by atomic mass is 10.2. The zero-order chi connectivity index (χ0) is 16.3. The van der Waals surface area contributed by atoms with Crippen LogP contribution in [0, 0.1) is 10.5 Å². The fourth-order valence-electron chi connectivity index (χ4n) is 2.18. The van der Waals surface area contributed by atoms with E-state index in [0.717, 1.165) is 14.8 Å². The van der Waals surface area contributed by atoms with Crippen molar-refractivity contribution >= 4 is 46.1 Å². The van der Waals surface area contributed by atoms with Crippen molar-refractivity contribution in [2.24, 2.45) is 0 Å². The average Bonchev–Trinajstić information content (AvgIpc) is 2.69. The molecule has 0 atom stereocenters. The van der Waals surface area contributed by atoms with Gasteiger partial charge in [-0.3, -0.25) is 14.5 Å². The molecule has 1 aromatic carbocycles. The summed E-state index contributed by atoms with van der Waals surface area (Å²) >= 11 is 2.22. The van der Waals surface area contributed by atoms with Crippen LogP contribution in [0.15, 0.2) is 18.2 Å². The van der Waals surface area contributed by atoms with E-state index in [-0.39, 0.29) is 37.4 Å². The Morgan fingerprint density at radius 1 is 1.36 bits per heavy atom. The van der Waals surface area contributed by atoms with Crippen LogP contribution in [0.3, 0.4) is 0 Å². The Hall–Kier alpha value is -1.64. The number of rotatable bonds is 5. The van der Waals surface area contributed by atoms with Gasteiger partial charge in [0.05, 0.1) is 0 Å². The molecule has 1 aromatic rings. The van der Waals surface area contributed by atoms with Gasteiger partial charge in [0.1, 0.15) is 6.54 Å². The molecule has 0 bridgehead atoms. The number of urea groups is 1. The Morgan fingerprint density at radius 3 is 2.68 bits per heavy atom. The van der Waals surface area contributed by atoms with Gasteiger partial charge in [0.15, 0.2) is 0 Å². The zero-order valence-corrected chi connectivity index (χ0v) is 14.7. The van der Waals surface area contributed by atoms with Gasteiger partial charge in [0.25, 0.3) is 0 Å². The number of nitrogens with one attached hydrogen (secondary N) is 1. The number of aryl methyl sites for hydroxylation is 1. The van der Waals surface area contributed by atoms with Gasteiger partial charge in [-0.05, 0) is 53.6 Å². The average molecular weight is 415 g/mol. The maximum absolute atomic E-state index is 11.9. The molecule has 2 rings (SSSR count). The summed E-state index contributed by atoms with van der Waals surface area (Å²) < 4.78 is 1.09. The predicted octanol–water partition coefficient (Wildman–Crippen LogP) is 2.21. The summed E-state index contributed by atoms with van der Waals surface area (Å²) in [5, 5.41) is 2.82. The third kappa shape index (κ3) is 3.96. The molecular formula is C15H18IN3O3. The van der Waals surface area contributed by atoms with E-state index in [0.29, 0.717) is 6.42 Å². The Balaban J connectivity index is 1.79. The molecule has 6 nitrogen and oxygen atoms in total. The van der Waals surface area contributed by atoms with Gasteiger partial charge in [-0.2, -0.15) is 0 Å². The number of hydrogen-bond donors (Lipinski definition) is 1. The van der Waals surface area contributed by atoms with E-state index in [2.05, 4.69) is 27.9 Å². The van der Waals surface area contributed by atoms with Crippen LogP contribution in [0.4, 0.5) is 10.5 Å². The standard InChI is InChI=1S/C15H18IN3O3/c1-10-5-6-11(8-12(10)16)17-13(20)4-3-7-19-14(21)9-18(2)15(19)22/h5-6,8H,3-4,7,9H2,1-2H3,(H,17,20). The van der Waals surface area contributed by atoms with Crippen molar-refractivity contribution < 1.29 is 14.4 Å². The van der Waals surface area contributed by atoms with E-state index in [4.69, 9.17) is 0 Å². The molecule has 1 heterocycles. The SMILES string of the molecule is Cc1ccc(NC(=O)CCCN2C(=O)CN(C)C2=O)cc1I. The Bertz CT molecular complexity index is 618. The van der Waals surface area contributed by atoms with Crippen LogP contribution in [-0.4, -0.2) is 47.8 Å². The van der Waals surface area contributed by atoms with E-state index in [1.807, 2.05) is 25.1 Å². The van der Waals surface area contributed by atoms with Crippen molar-refractivity contribution in [2.45, 2.75) is 19.8 Å². The number of imide groups is 1. The smallest absolute Gasteiger partial charge is 0.326 e. The highest BCUT2D eigenvalue weighted by molar-refractivity contribution is 14.1. The molecule has 118 valence electrons. The first-order valence-corrected chi connectivity index (χ1v) is 8.08. The number of anilines is 1. The number of nitrogens with zero attached hydrogens (tertiary/aromatic N) is 2. The van der Waals surface area contributed by atoms with Crippen LogP contribution in [0.5, 0.6) is 0 Å². The van der Waals surface area contributed by atoms with Crippen LogP contribution in [0.2, 0.25) is 0 Å². The molecule has 1 aliphatic rings. The summed E-state index contributed by atoms with van der Waals surface area (Å²) in [6, 6.07) is 5.43. The molecule has 0 radical (unpaired) electrons. The van der Waals surface area contributed by atoms with Crippen molar-refractivity contribution in [1.29, 1.82) is 0 Å². The number of likely N-dealkylation sites (N-methyl/N-ethyl adjacent to an activating group) is 1. The van der Waals surface area contributed by atoms with E-state index in [1.165, 1.54) is 9.80 Å². The van der Waals surface area contributed by atoms with Crippen LogP contribution < -0.4 is 5.32 Å². The largest absolute Gasteiger partial charge is 0.326 e. The third-order valence-electron chi connectivity index (χ3n) is 3.47. The molecule has 0 spiro atoms. The molecule has 0 saturated carbocycles. The first-order chi connectivity index (χ1) is 10.4. The Labute approximate surface area is 143 Å². The highest BCUT2D eigenvalue weighted by Gasteiger charge is 2.32. The van der Waals surface area contributed by atoms with Crippen molar-refractivity contribution in [3.05, 3.63) is 27.3 Å². The highest BCUT2D eigenvalue weighted by Crippen LogP contribution is 2.17. The minimum absolute atomic E-state index is 0.118. The molecule has 0 aliphatic carbocycles. The van der Waals surface area contributed by atoms with E-state index >= 15 is 0 Å². The quantitative estimate of drug-likeness (QED) is 0.593. The van der Waals surface area contributed by atoms with E-state index in [1.54, 1.807) is 7.05 Å². The van der Waals surface area contributed by atoms with Gasteiger partial charge in [0, 0.05) is 29.3 Å². The maximum Gasteiger partial charge on any atom is 0.326 e. The van der Waals surface area contributed by atoms with E-state index in [9.17, 15) is 14.4 Å². The van der Waals surface area contributed by atoms with Crippen LogP contribution in [-0.2, 0) is 9.59 Å². The highest BCUT2D eigenvalue weighted by atomic mass is 127. The molecule has 1 fully saturated rings. The summed E-state index contributed by atoms with van der Waals surface area (Å²) in [4.78, 5) is 37.7. The summed E-state index contributed by atoms with van der Waals surface area (Å²) in [6.45, 7) is 2.40. The van der Waals surface area contributed by atoms with Gasteiger partial charge in [0.2, 0.25) is 11.8 Å². The molecule has 7 heteroatoms. The number of halogens is 1. The summed E-state index contributed by atoms with van der Waals surface area (Å²) in [6.07, 6.45) is 0.728. The van der Waals surface area contributed by atoms with Crippen LogP contribution in [0.1, 0.15) is 18.4 Å². The lowest BCUT2D eigenvalue weighted by Gasteiger charge is -2.13. The molecule has 1 saturated heterocycles. The summed E-state index contributed by atoms with van der Waals surface area (Å²) in [7, 11) is 1.59. The van der Waals surface area contributed by atoms with Crippen molar-refractivity contribution in [2.75, 3.05) is 25.5 Å². The van der Waals surface area contributed by atoms with Crippen LogP contribution >= 0.6 is 22.6 Å². The number of carbonyl (C=O) groups is 3. The molecule has 4 amide bonds. The second kappa shape index (κ2) is 7.08. The van der Waals surface area contributed by atoms with Gasteiger partial charge < -0.3 is 10.2 Å². The maximum atomic E-state index is 11.9. The first-order valence-electron chi connectivity index (χ1n) is 7.00. The second-order valence-corrected chi connectivity index (χ2v) is 6.46. The number of benzene rings is 1.